The van der Waals surface area contributed by atoms with Crippen molar-refractivity contribution in [3.05, 3.63) is 35.4 Å². The van der Waals surface area contributed by atoms with Crippen molar-refractivity contribution in [1.29, 1.82) is 0 Å². The van der Waals surface area contributed by atoms with Crippen molar-refractivity contribution >= 4 is 11.8 Å². The first-order chi connectivity index (χ1) is 9.56. The second-order valence-electron chi connectivity index (χ2n) is 5.84. The van der Waals surface area contributed by atoms with Gasteiger partial charge in [0.05, 0.1) is 0 Å². The number of benzene rings is 1. The summed E-state index contributed by atoms with van der Waals surface area (Å²) in [5.41, 5.74) is 2.77. The van der Waals surface area contributed by atoms with E-state index in [0.717, 1.165) is 18.6 Å². The Labute approximate surface area is 128 Å². The van der Waals surface area contributed by atoms with Crippen LogP contribution in [-0.4, -0.2) is 29.8 Å². The summed E-state index contributed by atoms with van der Waals surface area (Å²) in [6.07, 6.45) is 2.02. The van der Waals surface area contributed by atoms with E-state index in [4.69, 9.17) is 5.11 Å². The van der Waals surface area contributed by atoms with Gasteiger partial charge < -0.3 is 10.4 Å². The zero-order valence-electron chi connectivity index (χ0n) is 13.2. The van der Waals surface area contributed by atoms with E-state index in [2.05, 4.69) is 50.4 Å². The molecule has 0 aliphatic carbocycles. The van der Waals surface area contributed by atoms with Crippen LogP contribution in [0.25, 0.3) is 0 Å². The van der Waals surface area contributed by atoms with Crippen molar-refractivity contribution in [2.45, 2.75) is 44.9 Å². The lowest BCUT2D eigenvalue weighted by atomic mass is 10.00. The summed E-state index contributed by atoms with van der Waals surface area (Å²) in [7, 11) is 2.02. The fraction of sp³-hybridized carbons (Fsp3) is 0.647. The standard InChI is InChI=1S/C17H29NOS/c1-13(2)11-15-5-7-16(8-6-15)17(18-4)12-20-14(3)9-10-19/h5-8,13-14,17-19H,9-12H2,1-4H3. The van der Waals surface area contributed by atoms with Crippen molar-refractivity contribution < 1.29 is 5.11 Å². The monoisotopic (exact) mass is 295 g/mol. The predicted molar refractivity (Wildman–Crippen MR) is 90.4 cm³/mol. The largest absolute Gasteiger partial charge is 0.396 e. The Kier molecular flexibility index (Phi) is 8.27. The molecule has 0 fully saturated rings. The fourth-order valence-electron chi connectivity index (χ4n) is 2.23. The van der Waals surface area contributed by atoms with Crippen molar-refractivity contribution in [3.8, 4) is 0 Å². The summed E-state index contributed by atoms with van der Waals surface area (Å²) in [5, 5.41) is 12.9. The molecule has 0 spiro atoms. The van der Waals surface area contributed by atoms with E-state index in [-0.39, 0.29) is 6.61 Å². The third-order valence-electron chi connectivity index (χ3n) is 3.46. The van der Waals surface area contributed by atoms with Gasteiger partial charge in [-0.3, -0.25) is 0 Å². The number of thioether (sulfide) groups is 1. The first-order valence-corrected chi connectivity index (χ1v) is 8.60. The second-order valence-corrected chi connectivity index (χ2v) is 7.31. The first-order valence-electron chi connectivity index (χ1n) is 7.55. The maximum atomic E-state index is 8.95. The minimum Gasteiger partial charge on any atom is -0.396 e. The highest BCUT2D eigenvalue weighted by atomic mass is 32.2. The molecule has 0 aromatic heterocycles. The lowest BCUT2D eigenvalue weighted by Crippen LogP contribution is -2.20. The van der Waals surface area contributed by atoms with Crippen LogP contribution in [0.4, 0.5) is 0 Å². The van der Waals surface area contributed by atoms with Crippen LogP contribution in [0.5, 0.6) is 0 Å². The molecule has 0 heterocycles. The summed E-state index contributed by atoms with van der Waals surface area (Å²) >= 11 is 1.92. The van der Waals surface area contributed by atoms with E-state index in [0.29, 0.717) is 17.2 Å². The second kappa shape index (κ2) is 9.43. The molecule has 1 rings (SSSR count). The zero-order valence-corrected chi connectivity index (χ0v) is 14.0. The van der Waals surface area contributed by atoms with Gasteiger partial charge in [0.15, 0.2) is 0 Å². The predicted octanol–water partition coefficient (Wildman–Crippen LogP) is 3.65. The van der Waals surface area contributed by atoms with Gasteiger partial charge in [0.25, 0.3) is 0 Å². The fourth-order valence-corrected chi connectivity index (χ4v) is 3.38. The molecule has 2 nitrogen and oxygen atoms in total. The van der Waals surface area contributed by atoms with E-state index in [1.807, 2.05) is 18.8 Å². The average Bonchev–Trinajstić information content (AvgIpc) is 2.41. The minimum atomic E-state index is 0.280. The molecule has 2 N–H and O–H groups in total. The van der Waals surface area contributed by atoms with Gasteiger partial charge in [-0.05, 0) is 36.9 Å². The number of aliphatic hydroxyl groups excluding tert-OH is 1. The lowest BCUT2D eigenvalue weighted by Gasteiger charge is -2.19. The Morgan fingerprint density at radius 2 is 1.80 bits per heavy atom. The van der Waals surface area contributed by atoms with E-state index < -0.39 is 0 Å². The van der Waals surface area contributed by atoms with Gasteiger partial charge in [-0.25, -0.2) is 0 Å². The van der Waals surface area contributed by atoms with Crippen LogP contribution < -0.4 is 5.32 Å². The lowest BCUT2D eigenvalue weighted by molar-refractivity contribution is 0.289. The highest BCUT2D eigenvalue weighted by Crippen LogP contribution is 2.23. The Hall–Kier alpha value is -0.510. The molecule has 0 bridgehead atoms. The average molecular weight is 295 g/mol. The van der Waals surface area contributed by atoms with E-state index in [1.54, 1.807) is 0 Å². The maximum absolute atomic E-state index is 8.95. The molecular weight excluding hydrogens is 266 g/mol. The molecule has 0 radical (unpaired) electrons. The zero-order chi connectivity index (χ0) is 15.0. The van der Waals surface area contributed by atoms with Crippen LogP contribution in [-0.2, 0) is 6.42 Å². The van der Waals surface area contributed by atoms with Crippen molar-refractivity contribution in [1.82, 2.24) is 5.32 Å². The minimum absolute atomic E-state index is 0.280. The Balaban J connectivity index is 2.56. The third-order valence-corrected chi connectivity index (χ3v) is 4.79. The molecule has 1 aromatic rings. The van der Waals surface area contributed by atoms with E-state index >= 15 is 0 Å². The third kappa shape index (κ3) is 6.29. The van der Waals surface area contributed by atoms with Crippen LogP contribution in [0.15, 0.2) is 24.3 Å². The van der Waals surface area contributed by atoms with Crippen LogP contribution in [0.1, 0.15) is 44.4 Å². The van der Waals surface area contributed by atoms with Crippen LogP contribution in [0.2, 0.25) is 0 Å². The molecule has 114 valence electrons. The summed E-state index contributed by atoms with van der Waals surface area (Å²) in [6, 6.07) is 9.38. The first kappa shape index (κ1) is 17.5. The van der Waals surface area contributed by atoms with Gasteiger partial charge in [0.2, 0.25) is 0 Å². The number of nitrogens with one attached hydrogen (secondary N) is 1. The van der Waals surface area contributed by atoms with Gasteiger partial charge in [0, 0.05) is 23.7 Å². The van der Waals surface area contributed by atoms with Crippen LogP contribution >= 0.6 is 11.8 Å². The Morgan fingerprint density at radius 3 is 2.30 bits per heavy atom. The molecule has 20 heavy (non-hydrogen) atoms. The van der Waals surface area contributed by atoms with Gasteiger partial charge >= 0.3 is 0 Å². The van der Waals surface area contributed by atoms with E-state index in [9.17, 15) is 0 Å². The molecular formula is C17H29NOS. The van der Waals surface area contributed by atoms with Crippen LogP contribution in [0.3, 0.4) is 0 Å². The number of aliphatic hydroxyl groups is 1. The number of rotatable bonds is 9. The summed E-state index contributed by atoms with van der Waals surface area (Å²) < 4.78 is 0. The molecule has 0 aliphatic rings. The van der Waals surface area contributed by atoms with E-state index in [1.165, 1.54) is 11.1 Å². The quantitative estimate of drug-likeness (QED) is 0.729. The van der Waals surface area contributed by atoms with Crippen molar-refractivity contribution in [2.24, 2.45) is 5.92 Å². The van der Waals surface area contributed by atoms with Gasteiger partial charge in [0.1, 0.15) is 0 Å². The van der Waals surface area contributed by atoms with Gasteiger partial charge in [-0.1, -0.05) is 45.0 Å². The molecule has 0 saturated heterocycles. The highest BCUT2D eigenvalue weighted by molar-refractivity contribution is 7.99. The van der Waals surface area contributed by atoms with Gasteiger partial charge in [-0.2, -0.15) is 11.8 Å². The van der Waals surface area contributed by atoms with Gasteiger partial charge in [-0.15, -0.1) is 0 Å². The summed E-state index contributed by atoms with van der Waals surface area (Å²) in [5.74, 6) is 1.75. The molecule has 3 heteroatoms. The molecule has 1 aromatic carbocycles. The number of hydrogen-bond acceptors (Lipinski definition) is 3. The number of hydrogen-bond donors (Lipinski definition) is 2. The molecule has 0 saturated carbocycles. The molecule has 0 aliphatic heterocycles. The smallest absolute Gasteiger partial charge is 0.0441 e. The maximum Gasteiger partial charge on any atom is 0.0441 e. The Morgan fingerprint density at radius 1 is 1.15 bits per heavy atom. The topological polar surface area (TPSA) is 32.3 Å². The Bertz CT molecular complexity index is 364. The highest BCUT2D eigenvalue weighted by Gasteiger charge is 2.11. The van der Waals surface area contributed by atoms with Crippen molar-refractivity contribution in [2.75, 3.05) is 19.4 Å². The molecule has 0 amide bonds. The summed E-state index contributed by atoms with van der Waals surface area (Å²) in [6.45, 7) is 6.97. The van der Waals surface area contributed by atoms with Crippen LogP contribution in [0, 0.1) is 5.92 Å². The normalized spacial score (nSPS) is 14.5. The van der Waals surface area contributed by atoms with Crippen molar-refractivity contribution in [3.63, 3.8) is 0 Å². The SMILES string of the molecule is CNC(CSC(C)CCO)c1ccc(CC(C)C)cc1. The molecule has 2 atom stereocenters. The summed E-state index contributed by atoms with van der Waals surface area (Å²) in [4.78, 5) is 0. The molecule has 2 unspecified atom stereocenters.